The Bertz CT molecular complexity index is 686. The number of hydrogen-bond donors (Lipinski definition) is 0. The Balaban J connectivity index is 2.37. The monoisotopic (exact) mass is 295 g/mol. The Labute approximate surface area is 119 Å². The van der Waals surface area contributed by atoms with Crippen molar-refractivity contribution >= 4 is 5.82 Å². The molecule has 2 heterocycles. The summed E-state index contributed by atoms with van der Waals surface area (Å²) in [6.07, 6.45) is -3.04. The number of furan rings is 1. The molecule has 0 aliphatic carbocycles. The topological polar surface area (TPSA) is 53.1 Å². The molecule has 110 valence electrons. The van der Waals surface area contributed by atoms with E-state index >= 15 is 0 Å². The summed E-state index contributed by atoms with van der Waals surface area (Å²) < 4.78 is 43.3. The van der Waals surface area contributed by atoms with Crippen LogP contribution in [0.5, 0.6) is 0 Å². The van der Waals surface area contributed by atoms with Gasteiger partial charge >= 0.3 is 6.18 Å². The van der Waals surface area contributed by atoms with E-state index in [9.17, 15) is 13.2 Å². The van der Waals surface area contributed by atoms with E-state index in [1.165, 1.54) is 11.2 Å². The summed E-state index contributed by atoms with van der Waals surface area (Å²) in [5, 5.41) is 9.03. The fourth-order valence-corrected chi connectivity index (χ4v) is 1.89. The third kappa shape index (κ3) is 3.16. The second kappa shape index (κ2) is 5.48. The van der Waals surface area contributed by atoms with E-state index in [-0.39, 0.29) is 11.4 Å². The van der Waals surface area contributed by atoms with Crippen molar-refractivity contribution in [2.45, 2.75) is 19.6 Å². The van der Waals surface area contributed by atoms with Gasteiger partial charge in [0.1, 0.15) is 23.3 Å². The molecule has 2 rings (SSSR count). The number of nitriles is 1. The highest BCUT2D eigenvalue weighted by Gasteiger charge is 2.33. The maximum absolute atomic E-state index is 12.7. The second-order valence-corrected chi connectivity index (χ2v) is 4.54. The van der Waals surface area contributed by atoms with Crippen molar-refractivity contribution in [2.75, 3.05) is 11.9 Å². The van der Waals surface area contributed by atoms with Gasteiger partial charge in [0.15, 0.2) is 0 Å². The van der Waals surface area contributed by atoms with Gasteiger partial charge in [-0.1, -0.05) is 0 Å². The normalized spacial score (nSPS) is 11.2. The highest BCUT2D eigenvalue weighted by atomic mass is 19.4. The van der Waals surface area contributed by atoms with Gasteiger partial charge in [-0.2, -0.15) is 18.4 Å². The fourth-order valence-electron chi connectivity index (χ4n) is 1.89. The molecule has 0 saturated heterocycles. The number of rotatable bonds is 3. The summed E-state index contributed by atoms with van der Waals surface area (Å²) in [4.78, 5) is 5.06. The van der Waals surface area contributed by atoms with Crippen LogP contribution in [0, 0.1) is 18.3 Å². The summed E-state index contributed by atoms with van der Waals surface area (Å²) in [5.74, 6) is 0.667. The molecular formula is C14H12F3N3O. The first kappa shape index (κ1) is 14.9. The SMILES string of the molecule is Cc1occc1CN(C)c1nc(C(F)(F)F)ccc1C#N. The molecule has 0 atom stereocenters. The quantitative estimate of drug-likeness (QED) is 0.869. The first-order valence-corrected chi connectivity index (χ1v) is 6.05. The zero-order valence-electron chi connectivity index (χ0n) is 11.4. The van der Waals surface area contributed by atoms with Crippen LogP contribution in [0.1, 0.15) is 22.6 Å². The summed E-state index contributed by atoms with van der Waals surface area (Å²) >= 11 is 0. The molecule has 0 unspecified atom stereocenters. The molecule has 21 heavy (non-hydrogen) atoms. The first-order valence-electron chi connectivity index (χ1n) is 6.05. The van der Waals surface area contributed by atoms with Gasteiger partial charge in [-0.15, -0.1) is 0 Å². The maximum Gasteiger partial charge on any atom is 0.433 e. The summed E-state index contributed by atoms with van der Waals surface area (Å²) in [7, 11) is 1.58. The van der Waals surface area contributed by atoms with Gasteiger partial charge < -0.3 is 9.32 Å². The Morgan fingerprint density at radius 1 is 1.33 bits per heavy atom. The van der Waals surface area contributed by atoms with Gasteiger partial charge in [0.2, 0.25) is 0 Å². The lowest BCUT2D eigenvalue weighted by Crippen LogP contribution is -2.21. The van der Waals surface area contributed by atoms with Crippen LogP contribution >= 0.6 is 0 Å². The van der Waals surface area contributed by atoms with Crippen molar-refractivity contribution in [1.82, 2.24) is 4.98 Å². The van der Waals surface area contributed by atoms with Crippen molar-refractivity contribution in [3.63, 3.8) is 0 Å². The van der Waals surface area contributed by atoms with E-state index in [0.29, 0.717) is 12.3 Å². The lowest BCUT2D eigenvalue weighted by Gasteiger charge is -2.20. The highest BCUT2D eigenvalue weighted by molar-refractivity contribution is 5.54. The number of aryl methyl sites for hydroxylation is 1. The van der Waals surface area contributed by atoms with Gasteiger partial charge in [0.05, 0.1) is 11.8 Å². The van der Waals surface area contributed by atoms with Gasteiger partial charge in [0, 0.05) is 19.2 Å². The van der Waals surface area contributed by atoms with Crippen molar-refractivity contribution in [3.8, 4) is 6.07 Å². The molecule has 2 aromatic rings. The lowest BCUT2D eigenvalue weighted by atomic mass is 10.2. The molecule has 0 fully saturated rings. The van der Waals surface area contributed by atoms with E-state index in [2.05, 4.69) is 4.98 Å². The van der Waals surface area contributed by atoms with Crippen LogP contribution in [0.4, 0.5) is 19.0 Å². The Morgan fingerprint density at radius 2 is 2.05 bits per heavy atom. The number of pyridine rings is 1. The summed E-state index contributed by atoms with van der Waals surface area (Å²) in [6.45, 7) is 2.05. The molecule has 2 aromatic heterocycles. The van der Waals surface area contributed by atoms with Crippen molar-refractivity contribution in [3.05, 3.63) is 47.0 Å². The summed E-state index contributed by atoms with van der Waals surface area (Å²) in [6, 6.07) is 5.52. The molecular weight excluding hydrogens is 283 g/mol. The van der Waals surface area contributed by atoms with Crippen molar-refractivity contribution in [1.29, 1.82) is 5.26 Å². The van der Waals surface area contributed by atoms with Gasteiger partial charge in [0.25, 0.3) is 0 Å². The average molecular weight is 295 g/mol. The molecule has 0 aliphatic heterocycles. The molecule has 0 bridgehead atoms. The Morgan fingerprint density at radius 3 is 2.57 bits per heavy atom. The largest absolute Gasteiger partial charge is 0.469 e. The maximum atomic E-state index is 12.7. The second-order valence-electron chi connectivity index (χ2n) is 4.54. The number of halogens is 3. The highest BCUT2D eigenvalue weighted by Crippen LogP contribution is 2.30. The Kier molecular flexibility index (Phi) is 3.89. The van der Waals surface area contributed by atoms with E-state index in [1.54, 1.807) is 20.0 Å². The average Bonchev–Trinajstić information content (AvgIpc) is 2.82. The molecule has 7 heteroatoms. The van der Waals surface area contributed by atoms with E-state index < -0.39 is 11.9 Å². The molecule has 0 aliphatic rings. The molecule has 0 saturated carbocycles. The minimum atomic E-state index is -4.55. The first-order chi connectivity index (χ1) is 9.82. The molecule has 0 spiro atoms. The van der Waals surface area contributed by atoms with Gasteiger partial charge in [-0.05, 0) is 25.1 Å². The predicted molar refractivity (Wildman–Crippen MR) is 69.5 cm³/mol. The van der Waals surface area contributed by atoms with Crippen molar-refractivity contribution < 1.29 is 17.6 Å². The smallest absolute Gasteiger partial charge is 0.433 e. The van der Waals surface area contributed by atoms with Crippen LogP contribution < -0.4 is 4.90 Å². The van der Waals surface area contributed by atoms with Gasteiger partial charge in [-0.25, -0.2) is 4.98 Å². The van der Waals surface area contributed by atoms with Crippen molar-refractivity contribution in [2.24, 2.45) is 0 Å². The summed E-state index contributed by atoms with van der Waals surface area (Å²) in [5.41, 5.74) is -0.112. The number of aromatic nitrogens is 1. The van der Waals surface area contributed by atoms with E-state index in [4.69, 9.17) is 9.68 Å². The molecule has 4 nitrogen and oxygen atoms in total. The minimum Gasteiger partial charge on any atom is -0.469 e. The lowest BCUT2D eigenvalue weighted by molar-refractivity contribution is -0.141. The van der Waals surface area contributed by atoms with Crippen LogP contribution in [-0.4, -0.2) is 12.0 Å². The van der Waals surface area contributed by atoms with Crippen LogP contribution in [-0.2, 0) is 12.7 Å². The predicted octanol–water partition coefficient (Wildman–Crippen LogP) is 3.51. The number of nitrogens with zero attached hydrogens (tertiary/aromatic N) is 3. The van der Waals surface area contributed by atoms with E-state index in [0.717, 1.165) is 17.7 Å². The number of alkyl halides is 3. The van der Waals surface area contributed by atoms with Crippen LogP contribution in [0.3, 0.4) is 0 Å². The molecule has 0 aromatic carbocycles. The zero-order chi connectivity index (χ0) is 15.6. The third-order valence-corrected chi connectivity index (χ3v) is 3.02. The van der Waals surface area contributed by atoms with E-state index in [1.807, 2.05) is 6.07 Å². The van der Waals surface area contributed by atoms with Crippen LogP contribution in [0.25, 0.3) is 0 Å². The van der Waals surface area contributed by atoms with Crippen LogP contribution in [0.15, 0.2) is 28.9 Å². The molecule has 0 amide bonds. The molecule has 0 radical (unpaired) electrons. The third-order valence-electron chi connectivity index (χ3n) is 3.02. The number of hydrogen-bond acceptors (Lipinski definition) is 4. The minimum absolute atomic E-state index is 0.00655. The van der Waals surface area contributed by atoms with Crippen LogP contribution in [0.2, 0.25) is 0 Å². The Hall–Kier alpha value is -2.49. The number of anilines is 1. The fraction of sp³-hybridized carbons (Fsp3) is 0.286. The molecule has 0 N–H and O–H groups in total. The zero-order valence-corrected chi connectivity index (χ0v) is 11.4. The standard InChI is InChI=1S/C14H12F3N3O/c1-9-11(5-6-21-9)8-20(2)13-10(7-18)3-4-12(19-13)14(15,16)17/h3-6H,8H2,1-2H3. The van der Waals surface area contributed by atoms with Gasteiger partial charge in [-0.3, -0.25) is 0 Å².